The third kappa shape index (κ3) is 3.75. The van der Waals surface area contributed by atoms with Crippen molar-refractivity contribution in [2.75, 3.05) is 23.8 Å². The number of nitrogen functional groups attached to an aromatic ring is 1. The van der Waals surface area contributed by atoms with Crippen LogP contribution in [0.5, 0.6) is 0 Å². The van der Waals surface area contributed by atoms with Gasteiger partial charge in [-0.25, -0.2) is 9.67 Å². The number of aliphatic hydroxyl groups excluding tert-OH is 1. The van der Waals surface area contributed by atoms with Crippen molar-refractivity contribution < 1.29 is 14.4 Å². The Morgan fingerprint density at radius 2 is 2.19 bits per heavy atom. The predicted octanol–water partition coefficient (Wildman–Crippen LogP) is 2.28. The number of rotatable bonds is 6. The molecular weight excluding hydrogens is 484 g/mol. The molecule has 1 saturated carbocycles. The van der Waals surface area contributed by atoms with Crippen molar-refractivity contribution in [2.45, 2.75) is 38.3 Å². The Morgan fingerprint density at radius 1 is 1.33 bits per heavy atom. The van der Waals surface area contributed by atoms with Crippen LogP contribution in [0, 0.1) is 12.8 Å². The molecule has 1 aliphatic heterocycles. The van der Waals surface area contributed by atoms with Crippen LogP contribution >= 0.6 is 11.6 Å². The molecule has 1 amide bonds. The zero-order chi connectivity index (χ0) is 25.0. The van der Waals surface area contributed by atoms with Crippen LogP contribution in [0.2, 0.25) is 5.02 Å². The van der Waals surface area contributed by atoms with Crippen molar-refractivity contribution in [1.82, 2.24) is 30.5 Å². The molecule has 6 rings (SSSR count). The molecule has 36 heavy (non-hydrogen) atoms. The Kier molecular flexibility index (Phi) is 5.53. The molecule has 11 nitrogen and oxygen atoms in total. The summed E-state index contributed by atoms with van der Waals surface area (Å²) in [7, 11) is 0. The number of anilines is 2. The number of fused-ring (bicyclic) bond motifs is 3. The number of nitrogens with one attached hydrogen (secondary N) is 1. The Labute approximate surface area is 211 Å². The summed E-state index contributed by atoms with van der Waals surface area (Å²) in [5.41, 5.74) is 9.14. The average Bonchev–Trinajstić information content (AvgIpc) is 3.64. The number of piperidine rings is 1. The molecule has 3 atom stereocenters. The lowest BCUT2D eigenvalue weighted by molar-refractivity contribution is 0.0932. The molecule has 3 aromatic heterocycles. The number of hydrogen-bond acceptors (Lipinski definition) is 9. The maximum atomic E-state index is 13.3. The third-order valence-electron chi connectivity index (χ3n) is 7.12. The van der Waals surface area contributed by atoms with E-state index in [9.17, 15) is 4.79 Å². The van der Waals surface area contributed by atoms with Gasteiger partial charge in [0.25, 0.3) is 5.91 Å². The molecule has 2 fully saturated rings. The van der Waals surface area contributed by atoms with Gasteiger partial charge in [-0.3, -0.25) is 4.79 Å². The van der Waals surface area contributed by atoms with Crippen LogP contribution in [-0.4, -0.2) is 61.4 Å². The average molecular weight is 509 g/mol. The number of hydrogen-bond donors (Lipinski definition) is 3. The molecule has 0 unspecified atom stereocenters. The summed E-state index contributed by atoms with van der Waals surface area (Å²) in [5, 5.41) is 25.4. The highest BCUT2D eigenvalue weighted by molar-refractivity contribution is 6.34. The Balaban J connectivity index is 1.22. The van der Waals surface area contributed by atoms with Gasteiger partial charge in [-0.15, -0.1) is 5.10 Å². The fraction of sp³-hybridized carbons (Fsp3) is 0.375. The van der Waals surface area contributed by atoms with E-state index in [1.165, 1.54) is 0 Å². The molecule has 1 aromatic carbocycles. The second kappa shape index (κ2) is 8.75. The molecule has 2 aliphatic rings. The molecule has 12 heteroatoms. The van der Waals surface area contributed by atoms with Crippen molar-refractivity contribution in [3.05, 3.63) is 52.4 Å². The normalized spacial score (nSPS) is 21.0. The summed E-state index contributed by atoms with van der Waals surface area (Å²) in [4.78, 5) is 20.2. The number of nitrogens with zero attached hydrogens (tertiary/aromatic N) is 6. The zero-order valence-corrected chi connectivity index (χ0v) is 20.3. The smallest absolute Gasteiger partial charge is 0.253 e. The molecular formula is C24H25ClN8O3. The van der Waals surface area contributed by atoms with Crippen molar-refractivity contribution in [3.8, 4) is 5.69 Å². The minimum absolute atomic E-state index is 0.00355. The van der Waals surface area contributed by atoms with E-state index in [2.05, 4.69) is 25.7 Å². The monoisotopic (exact) mass is 508 g/mol. The maximum absolute atomic E-state index is 13.3. The van der Waals surface area contributed by atoms with Gasteiger partial charge in [-0.2, -0.15) is 0 Å². The van der Waals surface area contributed by atoms with Crippen molar-refractivity contribution >= 4 is 40.1 Å². The molecule has 0 spiro atoms. The van der Waals surface area contributed by atoms with Crippen LogP contribution in [0.15, 0.2) is 35.0 Å². The lowest BCUT2D eigenvalue weighted by Crippen LogP contribution is -2.44. The van der Waals surface area contributed by atoms with Crippen LogP contribution in [0.4, 0.5) is 11.6 Å². The molecule has 4 aromatic rings. The maximum Gasteiger partial charge on any atom is 0.253 e. The summed E-state index contributed by atoms with van der Waals surface area (Å²) in [6.45, 7) is 2.68. The number of halogens is 1. The highest BCUT2D eigenvalue weighted by Crippen LogP contribution is 2.43. The van der Waals surface area contributed by atoms with E-state index in [-0.39, 0.29) is 30.5 Å². The molecule has 4 heterocycles. The first-order chi connectivity index (χ1) is 17.4. The highest BCUT2D eigenvalue weighted by Gasteiger charge is 2.49. The second-order valence-corrected chi connectivity index (χ2v) is 9.79. The van der Waals surface area contributed by atoms with Gasteiger partial charge >= 0.3 is 0 Å². The second-order valence-electron chi connectivity index (χ2n) is 9.38. The number of pyridine rings is 1. The molecule has 2 bridgehead atoms. The molecule has 0 radical (unpaired) electrons. The van der Waals surface area contributed by atoms with Gasteiger partial charge < -0.3 is 25.6 Å². The lowest BCUT2D eigenvalue weighted by Gasteiger charge is -2.28. The van der Waals surface area contributed by atoms with Gasteiger partial charge in [-0.1, -0.05) is 22.0 Å². The summed E-state index contributed by atoms with van der Waals surface area (Å²) in [6, 6.07) is 7.07. The van der Waals surface area contributed by atoms with Gasteiger partial charge in [-0.05, 0) is 49.9 Å². The van der Waals surface area contributed by atoms with Crippen molar-refractivity contribution in [3.63, 3.8) is 0 Å². The summed E-state index contributed by atoms with van der Waals surface area (Å²) >= 11 is 6.51. The van der Waals surface area contributed by atoms with Crippen molar-refractivity contribution in [1.29, 1.82) is 0 Å². The molecule has 1 aliphatic carbocycles. The Bertz CT molecular complexity index is 1470. The summed E-state index contributed by atoms with van der Waals surface area (Å²) < 4.78 is 7.08. The van der Waals surface area contributed by atoms with Gasteiger partial charge in [0.1, 0.15) is 0 Å². The van der Waals surface area contributed by atoms with E-state index in [1.807, 2.05) is 13.0 Å². The first-order valence-electron chi connectivity index (χ1n) is 11.8. The largest absolute Gasteiger partial charge is 0.396 e. The summed E-state index contributed by atoms with van der Waals surface area (Å²) in [6.07, 6.45) is 4.10. The number of aryl methyl sites for hydroxylation is 1. The van der Waals surface area contributed by atoms with E-state index in [1.54, 1.807) is 29.1 Å². The van der Waals surface area contributed by atoms with E-state index in [0.717, 1.165) is 36.3 Å². The number of carbonyl (C=O) groups excluding carboxylic acids is 1. The van der Waals surface area contributed by atoms with Gasteiger partial charge in [0.05, 0.1) is 45.6 Å². The van der Waals surface area contributed by atoms with Crippen LogP contribution in [0.1, 0.15) is 34.6 Å². The van der Waals surface area contributed by atoms with Gasteiger partial charge in [0, 0.05) is 25.3 Å². The van der Waals surface area contributed by atoms with E-state index in [0.29, 0.717) is 39.8 Å². The number of benzene rings is 1. The minimum atomic E-state index is -0.221. The first-order valence-corrected chi connectivity index (χ1v) is 12.2. The third-order valence-corrected chi connectivity index (χ3v) is 7.43. The fourth-order valence-corrected chi connectivity index (χ4v) is 5.70. The van der Waals surface area contributed by atoms with Crippen molar-refractivity contribution in [2.24, 2.45) is 5.92 Å². The van der Waals surface area contributed by atoms with Crippen LogP contribution < -0.4 is 16.0 Å². The standard InChI is InChI=1S/C24H25ClN8O3/c1-12-8-17-21(36-30-22(17)26)23(27-12)32-10-13-2-5-19(32)20(13)28-24(35)16-4-3-15(9-18(16)25)33-11-14(6-7-34)29-31-33/h3-4,8-9,11,13,19-20,34H,2,5-7,10H2,1H3,(H2,26,30)(H,28,35)/t13-,19-,20+/m0/s1. The SMILES string of the molecule is Cc1cc2c(N)noc2c(N2C[C@@H]3CC[C@H]2[C@@H]3NC(=O)c2ccc(-n3cc(CCO)nn3)cc2Cl)n1. The number of nitrogens with two attached hydrogens (primary N) is 1. The summed E-state index contributed by atoms with van der Waals surface area (Å²) in [5.74, 6) is 1.13. The van der Waals surface area contributed by atoms with E-state index < -0.39 is 0 Å². The Hall–Kier alpha value is -3.70. The quantitative estimate of drug-likeness (QED) is 0.356. The minimum Gasteiger partial charge on any atom is -0.396 e. The number of carbonyl (C=O) groups is 1. The fourth-order valence-electron chi connectivity index (χ4n) is 5.44. The van der Waals surface area contributed by atoms with Crippen LogP contribution in [0.3, 0.4) is 0 Å². The predicted molar refractivity (Wildman–Crippen MR) is 133 cm³/mol. The van der Waals surface area contributed by atoms with E-state index >= 15 is 0 Å². The van der Waals surface area contributed by atoms with Crippen LogP contribution in [0.25, 0.3) is 16.7 Å². The highest BCUT2D eigenvalue weighted by atomic mass is 35.5. The number of aromatic nitrogens is 5. The molecule has 4 N–H and O–H groups in total. The van der Waals surface area contributed by atoms with Gasteiger partial charge in [0.2, 0.25) is 5.58 Å². The zero-order valence-electron chi connectivity index (χ0n) is 19.6. The first kappa shape index (κ1) is 22.7. The molecule has 186 valence electrons. The van der Waals surface area contributed by atoms with Gasteiger partial charge in [0.15, 0.2) is 11.6 Å². The topological polar surface area (TPSA) is 148 Å². The number of aliphatic hydroxyl groups is 1. The molecule has 1 saturated heterocycles. The van der Waals surface area contributed by atoms with E-state index in [4.69, 9.17) is 31.9 Å². The van der Waals surface area contributed by atoms with Crippen LogP contribution in [-0.2, 0) is 6.42 Å². The number of amides is 1. The Morgan fingerprint density at radius 3 is 3.00 bits per heavy atom. The lowest BCUT2D eigenvalue weighted by atomic mass is 10.1.